The Morgan fingerprint density at radius 3 is 2.31 bits per heavy atom. The molecule has 0 bridgehead atoms. The Hall–Kier alpha value is -3.86. The number of aliphatic hydroxyl groups is 1. The lowest BCUT2D eigenvalue weighted by Crippen LogP contribution is -2.29. The number of ketones is 1. The summed E-state index contributed by atoms with van der Waals surface area (Å²) in [6, 6.07) is 19.6. The Morgan fingerprint density at radius 2 is 1.66 bits per heavy atom. The Bertz CT molecular complexity index is 1260. The summed E-state index contributed by atoms with van der Waals surface area (Å²) in [5.74, 6) is -0.898. The fourth-order valence-electron chi connectivity index (χ4n) is 4.24. The van der Waals surface area contributed by atoms with Gasteiger partial charge in [-0.05, 0) is 73.4 Å². The molecule has 1 saturated heterocycles. The molecule has 162 valence electrons. The molecule has 1 fully saturated rings. The summed E-state index contributed by atoms with van der Waals surface area (Å²) in [6.45, 7) is 5.70. The number of aliphatic hydroxyl groups excluding tert-OH is 1. The SMILES string of the molecule is COc1ccc(/C(O)=C2\C(=O)C(=O)N(c3cccc(C)c3)C2c2ccccc2C)c(C)c1. The van der Waals surface area contributed by atoms with Crippen molar-refractivity contribution in [2.24, 2.45) is 0 Å². The molecule has 5 nitrogen and oxygen atoms in total. The Balaban J connectivity index is 1.98. The number of benzene rings is 3. The Kier molecular flexibility index (Phi) is 5.57. The van der Waals surface area contributed by atoms with Gasteiger partial charge in [0.15, 0.2) is 0 Å². The van der Waals surface area contributed by atoms with E-state index in [9.17, 15) is 14.7 Å². The molecule has 1 atom stereocenters. The van der Waals surface area contributed by atoms with E-state index in [1.807, 2.05) is 69.3 Å². The van der Waals surface area contributed by atoms with Gasteiger partial charge in [-0.25, -0.2) is 0 Å². The number of methoxy groups -OCH3 is 1. The van der Waals surface area contributed by atoms with E-state index < -0.39 is 17.7 Å². The summed E-state index contributed by atoms with van der Waals surface area (Å²) < 4.78 is 5.26. The lowest BCUT2D eigenvalue weighted by Gasteiger charge is -2.27. The molecule has 0 aliphatic carbocycles. The average Bonchev–Trinajstić information content (AvgIpc) is 3.04. The summed E-state index contributed by atoms with van der Waals surface area (Å²) in [5, 5.41) is 11.3. The lowest BCUT2D eigenvalue weighted by atomic mass is 9.91. The number of anilines is 1. The van der Waals surface area contributed by atoms with Gasteiger partial charge in [-0.2, -0.15) is 0 Å². The summed E-state index contributed by atoms with van der Waals surface area (Å²) in [7, 11) is 1.57. The van der Waals surface area contributed by atoms with Crippen molar-refractivity contribution < 1.29 is 19.4 Å². The summed E-state index contributed by atoms with van der Waals surface area (Å²) >= 11 is 0. The molecule has 1 aliphatic heterocycles. The van der Waals surface area contributed by atoms with E-state index in [1.54, 1.807) is 25.3 Å². The number of nitrogens with zero attached hydrogens (tertiary/aromatic N) is 1. The van der Waals surface area contributed by atoms with Crippen LogP contribution in [0.25, 0.3) is 5.76 Å². The van der Waals surface area contributed by atoms with Crippen LogP contribution in [-0.2, 0) is 9.59 Å². The van der Waals surface area contributed by atoms with E-state index in [1.165, 1.54) is 4.90 Å². The van der Waals surface area contributed by atoms with Gasteiger partial charge in [-0.15, -0.1) is 0 Å². The molecule has 3 aromatic rings. The second-order valence-electron chi connectivity index (χ2n) is 8.05. The molecule has 3 aromatic carbocycles. The lowest BCUT2D eigenvalue weighted by molar-refractivity contribution is -0.132. The normalized spacial score (nSPS) is 17.6. The highest BCUT2D eigenvalue weighted by Crippen LogP contribution is 2.43. The van der Waals surface area contributed by atoms with Gasteiger partial charge in [0.2, 0.25) is 0 Å². The maximum absolute atomic E-state index is 13.3. The van der Waals surface area contributed by atoms with Gasteiger partial charge in [-0.3, -0.25) is 14.5 Å². The molecule has 1 unspecified atom stereocenters. The zero-order chi connectivity index (χ0) is 23.0. The molecule has 1 heterocycles. The van der Waals surface area contributed by atoms with Crippen LogP contribution in [-0.4, -0.2) is 23.9 Å². The minimum absolute atomic E-state index is 0.0825. The molecule has 0 aromatic heterocycles. The molecule has 1 amide bonds. The molecule has 5 heteroatoms. The van der Waals surface area contributed by atoms with Crippen LogP contribution in [0.3, 0.4) is 0 Å². The maximum atomic E-state index is 13.3. The third-order valence-electron chi connectivity index (χ3n) is 5.90. The maximum Gasteiger partial charge on any atom is 0.300 e. The van der Waals surface area contributed by atoms with Gasteiger partial charge in [0.05, 0.1) is 18.7 Å². The zero-order valence-electron chi connectivity index (χ0n) is 18.5. The van der Waals surface area contributed by atoms with Crippen LogP contribution in [0.2, 0.25) is 0 Å². The first-order valence-corrected chi connectivity index (χ1v) is 10.4. The zero-order valence-corrected chi connectivity index (χ0v) is 18.5. The number of rotatable bonds is 4. The first-order chi connectivity index (χ1) is 15.3. The van der Waals surface area contributed by atoms with Gasteiger partial charge in [0.25, 0.3) is 11.7 Å². The molecule has 0 saturated carbocycles. The highest BCUT2D eigenvalue weighted by atomic mass is 16.5. The summed E-state index contributed by atoms with van der Waals surface area (Å²) in [6.07, 6.45) is 0. The van der Waals surface area contributed by atoms with Crippen molar-refractivity contribution in [3.8, 4) is 5.75 Å². The highest BCUT2D eigenvalue weighted by molar-refractivity contribution is 6.51. The Morgan fingerprint density at radius 1 is 0.906 bits per heavy atom. The number of carbonyl (C=O) groups is 2. The van der Waals surface area contributed by atoms with Crippen LogP contribution in [0.4, 0.5) is 5.69 Å². The first-order valence-electron chi connectivity index (χ1n) is 10.4. The minimum Gasteiger partial charge on any atom is -0.507 e. The van der Waals surface area contributed by atoms with E-state index in [-0.39, 0.29) is 11.3 Å². The third-order valence-corrected chi connectivity index (χ3v) is 5.90. The van der Waals surface area contributed by atoms with Gasteiger partial charge in [0.1, 0.15) is 11.5 Å². The molecule has 4 rings (SSSR count). The van der Waals surface area contributed by atoms with Gasteiger partial charge in [-0.1, -0.05) is 36.4 Å². The van der Waals surface area contributed by atoms with Crippen molar-refractivity contribution in [1.29, 1.82) is 0 Å². The van der Waals surface area contributed by atoms with Gasteiger partial charge < -0.3 is 9.84 Å². The molecule has 1 N–H and O–H groups in total. The van der Waals surface area contributed by atoms with Crippen molar-refractivity contribution in [1.82, 2.24) is 0 Å². The average molecular weight is 428 g/mol. The Labute approximate surface area is 187 Å². The standard InChI is InChI=1S/C27H25NO4/c1-16-8-7-10-19(14-16)28-24(21-11-6-5-9-17(21)2)23(26(30)27(28)31)25(29)22-13-12-20(32-4)15-18(22)3/h5-15,24,29H,1-4H3/b25-23+. The van der Waals surface area contributed by atoms with Crippen LogP contribution in [0.15, 0.2) is 72.3 Å². The van der Waals surface area contributed by atoms with Crippen molar-refractivity contribution in [3.63, 3.8) is 0 Å². The molecule has 1 aliphatic rings. The highest BCUT2D eigenvalue weighted by Gasteiger charge is 2.47. The number of aryl methyl sites for hydroxylation is 3. The van der Waals surface area contributed by atoms with Crippen LogP contribution >= 0.6 is 0 Å². The minimum atomic E-state index is -0.737. The van der Waals surface area contributed by atoms with Crippen LogP contribution in [0.1, 0.15) is 33.9 Å². The predicted molar refractivity (Wildman–Crippen MR) is 125 cm³/mol. The van der Waals surface area contributed by atoms with E-state index in [2.05, 4.69) is 0 Å². The van der Waals surface area contributed by atoms with E-state index in [0.717, 1.165) is 22.3 Å². The number of hydrogen-bond donors (Lipinski definition) is 1. The third kappa shape index (κ3) is 3.56. The second-order valence-corrected chi connectivity index (χ2v) is 8.05. The fourth-order valence-corrected chi connectivity index (χ4v) is 4.24. The molecule has 32 heavy (non-hydrogen) atoms. The topological polar surface area (TPSA) is 66.8 Å². The van der Waals surface area contributed by atoms with Gasteiger partial charge in [0, 0.05) is 11.3 Å². The summed E-state index contributed by atoms with van der Waals surface area (Å²) in [4.78, 5) is 28.0. The number of carbonyl (C=O) groups excluding carboxylic acids is 2. The molecule has 0 radical (unpaired) electrons. The predicted octanol–water partition coefficient (Wildman–Crippen LogP) is 5.25. The number of hydrogen-bond acceptors (Lipinski definition) is 4. The van der Waals surface area contributed by atoms with Crippen molar-refractivity contribution in [2.75, 3.05) is 12.0 Å². The number of ether oxygens (including phenoxy) is 1. The number of Topliss-reactive ketones (excluding diaryl/α,β-unsaturated/α-hetero) is 1. The monoisotopic (exact) mass is 427 g/mol. The fraction of sp³-hybridized carbons (Fsp3) is 0.185. The van der Waals surface area contributed by atoms with E-state index in [0.29, 0.717) is 17.0 Å². The number of amides is 1. The van der Waals surface area contributed by atoms with Crippen LogP contribution in [0, 0.1) is 20.8 Å². The molecule has 0 spiro atoms. The largest absolute Gasteiger partial charge is 0.507 e. The van der Waals surface area contributed by atoms with Crippen molar-refractivity contribution >= 4 is 23.1 Å². The van der Waals surface area contributed by atoms with Gasteiger partial charge >= 0.3 is 0 Å². The van der Waals surface area contributed by atoms with Crippen LogP contribution < -0.4 is 9.64 Å². The van der Waals surface area contributed by atoms with E-state index in [4.69, 9.17) is 4.74 Å². The van der Waals surface area contributed by atoms with Crippen LogP contribution in [0.5, 0.6) is 5.75 Å². The molecular weight excluding hydrogens is 402 g/mol. The summed E-state index contributed by atoms with van der Waals surface area (Å²) in [5.41, 5.74) is 4.62. The first kappa shape index (κ1) is 21.4. The van der Waals surface area contributed by atoms with Crippen molar-refractivity contribution in [2.45, 2.75) is 26.8 Å². The second kappa shape index (κ2) is 8.35. The van der Waals surface area contributed by atoms with Crippen molar-refractivity contribution in [3.05, 3.63) is 100 Å². The van der Waals surface area contributed by atoms with E-state index >= 15 is 0 Å². The molecular formula is C27H25NO4. The quantitative estimate of drug-likeness (QED) is 0.351. The smallest absolute Gasteiger partial charge is 0.300 e.